The second-order valence-electron chi connectivity index (χ2n) is 7.50. The number of hydrogen-bond donors (Lipinski definition) is 0. The lowest BCUT2D eigenvalue weighted by Crippen LogP contribution is -2.41. The van der Waals surface area contributed by atoms with Crippen molar-refractivity contribution in [2.45, 2.75) is 64.1 Å². The highest BCUT2D eigenvalue weighted by atomic mass is 19.3. The Bertz CT molecular complexity index is 605. The van der Waals surface area contributed by atoms with Gasteiger partial charge in [-0.05, 0) is 50.7 Å². The van der Waals surface area contributed by atoms with Crippen molar-refractivity contribution in [3.05, 3.63) is 43.3 Å². The van der Waals surface area contributed by atoms with E-state index in [1.54, 1.807) is 6.08 Å². The number of benzene rings is 1. The summed E-state index contributed by atoms with van der Waals surface area (Å²) in [5.41, 5.74) is 2.22. The first-order valence-electron chi connectivity index (χ1n) is 8.13. The quantitative estimate of drug-likeness (QED) is 0.579. The predicted octanol–water partition coefficient (Wildman–Crippen LogP) is 4.64. The summed E-state index contributed by atoms with van der Waals surface area (Å²) in [6.07, 6.45) is 1.84. The molecule has 0 bridgehead atoms. The van der Waals surface area contributed by atoms with Crippen LogP contribution in [-0.2, 0) is 9.31 Å². The maximum Gasteiger partial charge on any atom is 0.494 e. The highest BCUT2D eigenvalue weighted by molar-refractivity contribution is 6.62. The van der Waals surface area contributed by atoms with E-state index < -0.39 is 13.0 Å². The van der Waals surface area contributed by atoms with Crippen molar-refractivity contribution in [3.8, 4) is 0 Å². The molecule has 0 aromatic heterocycles. The van der Waals surface area contributed by atoms with Crippen molar-refractivity contribution in [2.24, 2.45) is 0 Å². The summed E-state index contributed by atoms with van der Waals surface area (Å²) in [6.45, 7) is 8.09. The Balaban J connectivity index is 0.00000208. The van der Waals surface area contributed by atoms with Crippen LogP contribution in [0.4, 0.5) is 8.78 Å². The molecule has 1 heterocycles. The standard InChI is InChI=1S/C18H23BF2O2.CH3/c1-16(2)17(3,4)23-19(22-16)15-7-5-13(6-8-15)14-9-11-18(20,21)12-10-14;/h5-9H,10-12H2,1-4H3;1H3/q;-1. The van der Waals surface area contributed by atoms with Crippen LogP contribution in [0, 0.1) is 7.43 Å². The van der Waals surface area contributed by atoms with Crippen LogP contribution in [0.3, 0.4) is 0 Å². The van der Waals surface area contributed by atoms with Gasteiger partial charge in [0.05, 0.1) is 11.2 Å². The Morgan fingerprint density at radius 2 is 1.50 bits per heavy atom. The zero-order chi connectivity index (χ0) is 16.9. The van der Waals surface area contributed by atoms with E-state index in [1.165, 1.54) is 0 Å². The maximum absolute atomic E-state index is 13.2. The molecule has 2 aliphatic rings. The summed E-state index contributed by atoms with van der Waals surface area (Å²) in [5, 5.41) is 0. The molecule has 1 fully saturated rings. The summed E-state index contributed by atoms with van der Waals surface area (Å²) in [4.78, 5) is 0. The first kappa shape index (κ1) is 19.1. The van der Waals surface area contributed by atoms with Gasteiger partial charge in [0.2, 0.25) is 0 Å². The molecular formula is C19H26BF2O2-. The summed E-state index contributed by atoms with van der Waals surface area (Å²) in [6, 6.07) is 7.86. The molecule has 0 N–H and O–H groups in total. The monoisotopic (exact) mass is 335 g/mol. The molecule has 5 heteroatoms. The summed E-state index contributed by atoms with van der Waals surface area (Å²) < 4.78 is 38.5. The van der Waals surface area contributed by atoms with Crippen molar-refractivity contribution in [2.75, 3.05) is 0 Å². The summed E-state index contributed by atoms with van der Waals surface area (Å²) in [5.74, 6) is -2.55. The largest absolute Gasteiger partial charge is 0.494 e. The van der Waals surface area contributed by atoms with E-state index in [9.17, 15) is 8.78 Å². The average Bonchev–Trinajstić information content (AvgIpc) is 2.68. The van der Waals surface area contributed by atoms with Crippen molar-refractivity contribution in [1.82, 2.24) is 0 Å². The molecule has 0 radical (unpaired) electrons. The topological polar surface area (TPSA) is 18.5 Å². The van der Waals surface area contributed by atoms with Crippen LogP contribution in [0.25, 0.3) is 5.57 Å². The third kappa shape index (κ3) is 3.57. The molecule has 0 unspecified atom stereocenters. The van der Waals surface area contributed by atoms with E-state index in [0.717, 1.165) is 16.6 Å². The van der Waals surface area contributed by atoms with Crippen LogP contribution < -0.4 is 5.46 Å². The zero-order valence-electron chi connectivity index (χ0n) is 15.2. The van der Waals surface area contributed by atoms with E-state index >= 15 is 0 Å². The van der Waals surface area contributed by atoms with Crippen molar-refractivity contribution in [1.29, 1.82) is 0 Å². The van der Waals surface area contributed by atoms with Crippen molar-refractivity contribution in [3.63, 3.8) is 0 Å². The smallest absolute Gasteiger partial charge is 0.399 e. The fourth-order valence-electron chi connectivity index (χ4n) is 2.89. The van der Waals surface area contributed by atoms with Crippen LogP contribution in [-0.4, -0.2) is 24.2 Å². The number of allylic oxidation sites excluding steroid dienone is 2. The lowest BCUT2D eigenvalue weighted by atomic mass is 9.78. The minimum Gasteiger partial charge on any atom is -0.399 e. The van der Waals surface area contributed by atoms with Gasteiger partial charge < -0.3 is 16.7 Å². The fraction of sp³-hybridized carbons (Fsp3) is 0.526. The van der Waals surface area contributed by atoms with E-state index in [-0.39, 0.29) is 31.5 Å². The zero-order valence-corrected chi connectivity index (χ0v) is 15.2. The molecular weight excluding hydrogens is 309 g/mol. The highest BCUT2D eigenvalue weighted by Gasteiger charge is 2.51. The predicted molar refractivity (Wildman–Crippen MR) is 95.3 cm³/mol. The minimum absolute atomic E-state index is 0. The first-order chi connectivity index (χ1) is 10.6. The van der Waals surface area contributed by atoms with Gasteiger partial charge in [-0.1, -0.05) is 30.3 Å². The maximum atomic E-state index is 13.2. The normalized spacial score (nSPS) is 24.2. The molecule has 1 aliphatic heterocycles. The fourth-order valence-corrected chi connectivity index (χ4v) is 2.89. The molecule has 0 spiro atoms. The van der Waals surface area contributed by atoms with Gasteiger partial charge in [0.15, 0.2) is 0 Å². The summed E-state index contributed by atoms with van der Waals surface area (Å²) in [7, 11) is -0.390. The Labute approximate surface area is 144 Å². The average molecular weight is 335 g/mol. The lowest BCUT2D eigenvalue weighted by molar-refractivity contribution is -0.00603. The third-order valence-electron chi connectivity index (χ3n) is 5.21. The number of hydrogen-bond acceptors (Lipinski definition) is 2. The second kappa shape index (κ2) is 6.27. The molecule has 2 nitrogen and oxygen atoms in total. The minimum atomic E-state index is -2.55. The molecule has 3 rings (SSSR count). The van der Waals surface area contributed by atoms with Crippen LogP contribution in [0.2, 0.25) is 0 Å². The van der Waals surface area contributed by atoms with E-state index in [2.05, 4.69) is 0 Å². The Morgan fingerprint density at radius 1 is 0.958 bits per heavy atom. The molecule has 24 heavy (non-hydrogen) atoms. The van der Waals surface area contributed by atoms with Gasteiger partial charge in [-0.2, -0.15) is 0 Å². The van der Waals surface area contributed by atoms with Crippen molar-refractivity contribution >= 4 is 18.2 Å². The van der Waals surface area contributed by atoms with Gasteiger partial charge in [-0.3, -0.25) is 0 Å². The Kier molecular flexibility index (Phi) is 5.00. The van der Waals surface area contributed by atoms with Gasteiger partial charge in [-0.25, -0.2) is 8.78 Å². The van der Waals surface area contributed by atoms with E-state index in [4.69, 9.17) is 9.31 Å². The molecule has 132 valence electrons. The molecule has 1 saturated heterocycles. The van der Waals surface area contributed by atoms with Gasteiger partial charge in [0.25, 0.3) is 5.92 Å². The third-order valence-corrected chi connectivity index (χ3v) is 5.21. The molecule has 0 amide bonds. The Morgan fingerprint density at radius 3 is 1.96 bits per heavy atom. The molecule has 1 aromatic rings. The van der Waals surface area contributed by atoms with Crippen LogP contribution >= 0.6 is 0 Å². The SMILES string of the molecule is CC1(C)OB(c2ccc(C3=CCC(F)(F)CC3)cc2)OC1(C)C.[CH3-]. The first-order valence-corrected chi connectivity index (χ1v) is 8.13. The lowest BCUT2D eigenvalue weighted by Gasteiger charge is -2.32. The highest BCUT2D eigenvalue weighted by Crippen LogP contribution is 2.37. The van der Waals surface area contributed by atoms with Crippen LogP contribution in [0.5, 0.6) is 0 Å². The summed E-state index contributed by atoms with van der Waals surface area (Å²) >= 11 is 0. The van der Waals surface area contributed by atoms with Gasteiger partial charge in [-0.15, -0.1) is 0 Å². The molecule has 1 aliphatic carbocycles. The van der Waals surface area contributed by atoms with E-state index in [0.29, 0.717) is 6.42 Å². The van der Waals surface area contributed by atoms with Gasteiger partial charge >= 0.3 is 7.12 Å². The molecule has 0 atom stereocenters. The van der Waals surface area contributed by atoms with Gasteiger partial charge in [0, 0.05) is 12.8 Å². The van der Waals surface area contributed by atoms with Crippen molar-refractivity contribution < 1.29 is 18.1 Å². The second-order valence-corrected chi connectivity index (χ2v) is 7.50. The van der Waals surface area contributed by atoms with Crippen LogP contribution in [0.1, 0.15) is 52.5 Å². The molecule has 1 aromatic carbocycles. The number of alkyl halides is 2. The number of rotatable bonds is 2. The van der Waals surface area contributed by atoms with Crippen LogP contribution in [0.15, 0.2) is 30.3 Å². The van der Waals surface area contributed by atoms with E-state index in [1.807, 2.05) is 52.0 Å². The van der Waals surface area contributed by atoms with Gasteiger partial charge in [0.1, 0.15) is 0 Å². The Hall–Kier alpha value is -1.20. The number of halogens is 2. The molecule has 0 saturated carbocycles.